The number of aromatic nitrogens is 3. The van der Waals surface area contributed by atoms with Crippen LogP contribution >= 0.6 is 0 Å². The molecule has 0 fully saturated rings. The van der Waals surface area contributed by atoms with E-state index in [1.54, 1.807) is 46.4 Å². The van der Waals surface area contributed by atoms with Gasteiger partial charge in [0.15, 0.2) is 5.75 Å². The number of benzene rings is 1. The highest BCUT2D eigenvalue weighted by Crippen LogP contribution is 2.36. The molecule has 0 amide bonds. The molecule has 0 radical (unpaired) electrons. The molecule has 1 N–H and O–H groups in total. The summed E-state index contributed by atoms with van der Waals surface area (Å²) in [5, 5.41) is 0.709. The summed E-state index contributed by atoms with van der Waals surface area (Å²) in [5.41, 5.74) is 3.25. The van der Waals surface area contributed by atoms with Crippen molar-refractivity contribution in [3.8, 4) is 22.6 Å². The fourth-order valence-corrected chi connectivity index (χ4v) is 3.76. The molecule has 0 atom stereocenters. The summed E-state index contributed by atoms with van der Waals surface area (Å²) >= 11 is 0. The molecule has 4 aromatic rings. The SMILES string of the molecule is Cc1cc2c(-c3ccn(C)c(=O)c3Oc3c(C)cc(F)cc3C)cn(C)c(=O)c2[nH]1. The van der Waals surface area contributed by atoms with E-state index < -0.39 is 0 Å². The monoisotopic (exact) mass is 407 g/mol. The number of ether oxygens (including phenoxy) is 1. The zero-order chi connectivity index (χ0) is 21.7. The highest BCUT2D eigenvalue weighted by Gasteiger charge is 2.20. The Hall–Kier alpha value is -3.61. The van der Waals surface area contributed by atoms with Gasteiger partial charge in [-0.2, -0.15) is 0 Å². The van der Waals surface area contributed by atoms with Gasteiger partial charge in [0.1, 0.15) is 17.1 Å². The van der Waals surface area contributed by atoms with E-state index in [0.29, 0.717) is 38.9 Å². The van der Waals surface area contributed by atoms with Gasteiger partial charge in [0, 0.05) is 48.7 Å². The number of pyridine rings is 2. The van der Waals surface area contributed by atoms with Gasteiger partial charge in [-0.1, -0.05) is 0 Å². The minimum absolute atomic E-state index is 0.122. The molecule has 0 aliphatic carbocycles. The van der Waals surface area contributed by atoms with Crippen LogP contribution in [-0.2, 0) is 14.1 Å². The zero-order valence-corrected chi connectivity index (χ0v) is 17.5. The first-order valence-corrected chi connectivity index (χ1v) is 9.51. The Morgan fingerprint density at radius 3 is 2.23 bits per heavy atom. The van der Waals surface area contributed by atoms with E-state index in [2.05, 4.69) is 4.98 Å². The summed E-state index contributed by atoms with van der Waals surface area (Å²) in [5.74, 6) is 0.199. The second-order valence-electron chi connectivity index (χ2n) is 7.65. The van der Waals surface area contributed by atoms with Gasteiger partial charge in [0.2, 0.25) is 0 Å². The molecule has 0 aliphatic rings. The van der Waals surface area contributed by atoms with Gasteiger partial charge < -0.3 is 18.9 Å². The third kappa shape index (κ3) is 3.12. The van der Waals surface area contributed by atoms with Crippen LogP contribution in [0.3, 0.4) is 0 Å². The summed E-state index contributed by atoms with van der Waals surface area (Å²) in [6.45, 7) is 5.34. The lowest BCUT2D eigenvalue weighted by atomic mass is 10.0. The van der Waals surface area contributed by atoms with Gasteiger partial charge in [-0.3, -0.25) is 9.59 Å². The Balaban J connectivity index is 2.02. The molecule has 0 spiro atoms. The third-order valence-electron chi connectivity index (χ3n) is 5.24. The summed E-state index contributed by atoms with van der Waals surface area (Å²) in [4.78, 5) is 28.7. The number of nitrogens with one attached hydrogen (secondary N) is 1. The van der Waals surface area contributed by atoms with Gasteiger partial charge >= 0.3 is 0 Å². The van der Waals surface area contributed by atoms with Crippen molar-refractivity contribution in [3.05, 3.63) is 80.0 Å². The van der Waals surface area contributed by atoms with Crippen LogP contribution in [0.5, 0.6) is 11.5 Å². The van der Waals surface area contributed by atoms with Gasteiger partial charge in [-0.25, -0.2) is 4.39 Å². The van der Waals surface area contributed by atoms with Crippen LogP contribution in [0.25, 0.3) is 22.0 Å². The van der Waals surface area contributed by atoms with Gasteiger partial charge in [0.25, 0.3) is 11.1 Å². The summed E-state index contributed by atoms with van der Waals surface area (Å²) < 4.78 is 22.8. The van der Waals surface area contributed by atoms with E-state index in [0.717, 1.165) is 5.69 Å². The normalized spacial score (nSPS) is 11.3. The van der Waals surface area contributed by atoms with Crippen LogP contribution in [0, 0.1) is 26.6 Å². The number of halogens is 1. The molecule has 4 rings (SSSR count). The van der Waals surface area contributed by atoms with Crippen LogP contribution in [-0.4, -0.2) is 14.1 Å². The van der Waals surface area contributed by atoms with E-state index in [-0.39, 0.29) is 22.7 Å². The van der Waals surface area contributed by atoms with E-state index >= 15 is 0 Å². The highest BCUT2D eigenvalue weighted by molar-refractivity contribution is 5.96. The lowest BCUT2D eigenvalue weighted by Gasteiger charge is -2.16. The molecule has 154 valence electrons. The Bertz CT molecular complexity index is 1400. The highest BCUT2D eigenvalue weighted by atomic mass is 19.1. The van der Waals surface area contributed by atoms with Crippen molar-refractivity contribution < 1.29 is 9.13 Å². The lowest BCUT2D eigenvalue weighted by molar-refractivity contribution is 0.462. The smallest absolute Gasteiger partial charge is 0.293 e. The third-order valence-corrected chi connectivity index (χ3v) is 5.24. The molecule has 0 saturated heterocycles. The number of nitrogens with zero attached hydrogens (tertiary/aromatic N) is 2. The zero-order valence-electron chi connectivity index (χ0n) is 17.5. The second kappa shape index (κ2) is 7.02. The van der Waals surface area contributed by atoms with E-state index in [1.807, 2.05) is 13.0 Å². The number of hydrogen-bond donors (Lipinski definition) is 1. The topological polar surface area (TPSA) is 69.0 Å². The Kier molecular flexibility index (Phi) is 4.61. The van der Waals surface area contributed by atoms with Crippen LogP contribution < -0.4 is 15.9 Å². The summed E-state index contributed by atoms with van der Waals surface area (Å²) in [6.07, 6.45) is 3.36. The van der Waals surface area contributed by atoms with E-state index in [9.17, 15) is 14.0 Å². The summed E-state index contributed by atoms with van der Waals surface area (Å²) in [6, 6.07) is 6.40. The molecular formula is C23H22FN3O3. The number of rotatable bonds is 3. The Morgan fingerprint density at radius 1 is 0.900 bits per heavy atom. The van der Waals surface area contributed by atoms with Crippen molar-refractivity contribution in [1.82, 2.24) is 14.1 Å². The Labute approximate surface area is 172 Å². The molecule has 6 nitrogen and oxygen atoms in total. The minimum atomic E-state index is -0.360. The fraction of sp³-hybridized carbons (Fsp3) is 0.217. The number of H-pyrrole nitrogens is 1. The maximum Gasteiger partial charge on any atom is 0.293 e. The van der Waals surface area contributed by atoms with Crippen molar-refractivity contribution in [1.29, 1.82) is 0 Å². The minimum Gasteiger partial charge on any atom is -0.450 e. The van der Waals surface area contributed by atoms with Crippen molar-refractivity contribution >= 4 is 10.9 Å². The molecule has 30 heavy (non-hydrogen) atoms. The lowest BCUT2D eigenvalue weighted by Crippen LogP contribution is -2.20. The van der Waals surface area contributed by atoms with Crippen molar-refractivity contribution in [2.24, 2.45) is 14.1 Å². The average molecular weight is 407 g/mol. The molecule has 3 aromatic heterocycles. The molecular weight excluding hydrogens is 385 g/mol. The number of hydrogen-bond acceptors (Lipinski definition) is 3. The van der Waals surface area contributed by atoms with Gasteiger partial charge in [0.05, 0.1) is 0 Å². The van der Waals surface area contributed by atoms with E-state index in [1.165, 1.54) is 21.3 Å². The molecule has 1 aromatic carbocycles. The molecule has 0 saturated carbocycles. The Morgan fingerprint density at radius 2 is 1.57 bits per heavy atom. The van der Waals surface area contributed by atoms with Gasteiger partial charge in [-0.15, -0.1) is 0 Å². The predicted molar refractivity (Wildman–Crippen MR) is 115 cm³/mol. The maximum atomic E-state index is 13.7. The number of aryl methyl sites for hydroxylation is 5. The number of aromatic amines is 1. The quantitative estimate of drug-likeness (QED) is 0.556. The van der Waals surface area contributed by atoms with Crippen molar-refractivity contribution in [2.75, 3.05) is 0 Å². The van der Waals surface area contributed by atoms with Crippen LogP contribution in [0.1, 0.15) is 16.8 Å². The molecule has 7 heteroatoms. The first kappa shape index (κ1) is 19.7. The largest absolute Gasteiger partial charge is 0.450 e. The molecule has 3 heterocycles. The second-order valence-corrected chi connectivity index (χ2v) is 7.65. The van der Waals surface area contributed by atoms with Gasteiger partial charge in [-0.05, 0) is 56.2 Å². The predicted octanol–water partition coefficient (Wildman–Crippen LogP) is 4.09. The van der Waals surface area contributed by atoms with Crippen LogP contribution in [0.2, 0.25) is 0 Å². The van der Waals surface area contributed by atoms with E-state index in [4.69, 9.17) is 4.74 Å². The standard InChI is InChI=1S/C23H22FN3O3/c1-12-8-15(24)9-13(2)20(12)30-21-16(6-7-26(4)23(21)29)18-11-27(5)22(28)19-17(18)10-14(3)25-19/h6-11,25H,1-5H3. The van der Waals surface area contributed by atoms with Crippen LogP contribution in [0.15, 0.2) is 46.2 Å². The van der Waals surface area contributed by atoms with Crippen molar-refractivity contribution in [3.63, 3.8) is 0 Å². The molecule has 0 unspecified atom stereocenters. The number of fused-ring (bicyclic) bond motifs is 1. The van der Waals surface area contributed by atoms with Crippen LogP contribution in [0.4, 0.5) is 4.39 Å². The fourth-order valence-electron chi connectivity index (χ4n) is 3.76. The first-order valence-electron chi connectivity index (χ1n) is 9.51. The maximum absolute atomic E-state index is 13.7. The first-order chi connectivity index (χ1) is 14.2. The molecule has 0 aliphatic heterocycles. The average Bonchev–Trinajstić information content (AvgIpc) is 3.06. The van der Waals surface area contributed by atoms with Crippen molar-refractivity contribution in [2.45, 2.75) is 20.8 Å². The summed E-state index contributed by atoms with van der Waals surface area (Å²) in [7, 11) is 3.30. The molecule has 0 bridgehead atoms.